The van der Waals surface area contributed by atoms with E-state index in [0.717, 1.165) is 0 Å². The molecule has 8 heteroatoms. The Morgan fingerprint density at radius 3 is 2.53 bits per heavy atom. The molecule has 0 radical (unpaired) electrons. The van der Waals surface area contributed by atoms with Crippen LogP contribution in [0.1, 0.15) is 13.3 Å². The van der Waals surface area contributed by atoms with Crippen molar-refractivity contribution >= 4 is 21.7 Å². The van der Waals surface area contributed by atoms with Crippen molar-refractivity contribution < 1.29 is 18.0 Å². The van der Waals surface area contributed by atoms with Crippen molar-refractivity contribution in [3.8, 4) is 6.07 Å². The van der Waals surface area contributed by atoms with E-state index >= 15 is 0 Å². The third-order valence-corrected chi connectivity index (χ3v) is 4.36. The van der Waals surface area contributed by atoms with Crippen LogP contribution in [0.15, 0.2) is 0 Å². The van der Waals surface area contributed by atoms with Crippen molar-refractivity contribution in [3.05, 3.63) is 0 Å². The van der Waals surface area contributed by atoms with Gasteiger partial charge in [-0.25, -0.2) is 8.42 Å². The second-order valence-electron chi connectivity index (χ2n) is 4.20. The number of hydrogen-bond acceptors (Lipinski definition) is 5. The number of carbonyl (C=O) groups is 2. The maximum atomic E-state index is 11.4. The number of amides is 2. The minimum atomic E-state index is -3.14. The molecule has 1 unspecified atom stereocenters. The lowest BCUT2D eigenvalue weighted by Gasteiger charge is -2.23. The summed E-state index contributed by atoms with van der Waals surface area (Å²) in [7, 11) is -3.14. The normalized spacial score (nSPS) is 25.9. The van der Waals surface area contributed by atoms with Gasteiger partial charge in [0.1, 0.15) is 6.54 Å². The zero-order valence-corrected chi connectivity index (χ0v) is 10.1. The molecule has 0 spiro atoms. The van der Waals surface area contributed by atoms with Crippen LogP contribution in [-0.4, -0.2) is 43.8 Å². The predicted molar refractivity (Wildman–Crippen MR) is 58.4 cm³/mol. The predicted octanol–water partition coefficient (Wildman–Crippen LogP) is -1.68. The van der Waals surface area contributed by atoms with Gasteiger partial charge < -0.3 is 10.6 Å². The molecule has 1 atom stereocenters. The summed E-state index contributed by atoms with van der Waals surface area (Å²) in [6.07, 6.45) is 0.284. The van der Waals surface area contributed by atoms with Gasteiger partial charge in [-0.2, -0.15) is 5.26 Å². The Morgan fingerprint density at radius 1 is 1.41 bits per heavy atom. The number of nitriles is 1. The first-order valence-electron chi connectivity index (χ1n) is 4.96. The molecule has 0 aliphatic carbocycles. The third-order valence-electron chi connectivity index (χ3n) is 2.45. The van der Waals surface area contributed by atoms with Gasteiger partial charge in [-0.1, -0.05) is 0 Å². The molecule has 1 saturated heterocycles. The van der Waals surface area contributed by atoms with Gasteiger partial charge in [0, 0.05) is 0 Å². The summed E-state index contributed by atoms with van der Waals surface area (Å²) in [6.45, 7) is 1.31. The van der Waals surface area contributed by atoms with Crippen molar-refractivity contribution in [3.63, 3.8) is 0 Å². The maximum Gasteiger partial charge on any atom is 0.310 e. The van der Waals surface area contributed by atoms with Gasteiger partial charge in [0.15, 0.2) is 9.84 Å². The van der Waals surface area contributed by atoms with Crippen LogP contribution in [0, 0.1) is 11.3 Å². The lowest BCUT2D eigenvalue weighted by Crippen LogP contribution is -2.52. The highest BCUT2D eigenvalue weighted by Gasteiger charge is 2.40. The largest absolute Gasteiger partial charge is 0.342 e. The quantitative estimate of drug-likeness (QED) is 0.454. The first-order valence-corrected chi connectivity index (χ1v) is 6.78. The summed E-state index contributed by atoms with van der Waals surface area (Å²) in [5, 5.41) is 12.7. The molecule has 0 saturated carbocycles. The number of nitrogens with zero attached hydrogens (tertiary/aromatic N) is 1. The van der Waals surface area contributed by atoms with Crippen LogP contribution in [0.3, 0.4) is 0 Å². The first-order chi connectivity index (χ1) is 7.78. The number of rotatable bonds is 2. The minimum Gasteiger partial charge on any atom is -0.342 e. The Bertz CT molecular complexity index is 479. The van der Waals surface area contributed by atoms with E-state index in [9.17, 15) is 18.0 Å². The molecule has 1 heterocycles. The number of sulfone groups is 1. The molecule has 1 fully saturated rings. The van der Waals surface area contributed by atoms with Gasteiger partial charge in [0.25, 0.3) is 0 Å². The Balaban J connectivity index is 2.58. The SMILES string of the molecule is CC1(NC(=O)C(=O)NCC#N)CCS(=O)(=O)C1. The molecule has 1 aliphatic rings. The fourth-order valence-electron chi connectivity index (χ4n) is 1.64. The van der Waals surface area contributed by atoms with Gasteiger partial charge in [-0.05, 0) is 13.3 Å². The molecule has 94 valence electrons. The highest BCUT2D eigenvalue weighted by molar-refractivity contribution is 7.91. The van der Waals surface area contributed by atoms with Gasteiger partial charge >= 0.3 is 11.8 Å². The van der Waals surface area contributed by atoms with Crippen LogP contribution in [0.2, 0.25) is 0 Å². The molecule has 2 amide bonds. The van der Waals surface area contributed by atoms with Crippen LogP contribution < -0.4 is 10.6 Å². The van der Waals surface area contributed by atoms with E-state index < -0.39 is 27.2 Å². The second-order valence-corrected chi connectivity index (χ2v) is 6.38. The van der Waals surface area contributed by atoms with E-state index in [4.69, 9.17) is 5.26 Å². The van der Waals surface area contributed by atoms with E-state index in [2.05, 4.69) is 10.6 Å². The molecule has 17 heavy (non-hydrogen) atoms. The number of carbonyl (C=O) groups excluding carboxylic acids is 2. The Labute approximate surface area is 99.1 Å². The van der Waals surface area contributed by atoms with Gasteiger partial charge in [-0.15, -0.1) is 0 Å². The molecule has 7 nitrogen and oxygen atoms in total. The average molecular weight is 259 g/mol. The standard InChI is InChI=1S/C9H13N3O4S/c1-9(2-5-17(15,16)6-9)12-8(14)7(13)11-4-3-10/h2,4-6H2,1H3,(H,11,13)(H,12,14). The van der Waals surface area contributed by atoms with Crippen LogP contribution in [0.5, 0.6) is 0 Å². The van der Waals surface area contributed by atoms with Gasteiger partial charge in [-0.3, -0.25) is 9.59 Å². The molecule has 0 aromatic rings. The molecule has 0 bridgehead atoms. The van der Waals surface area contributed by atoms with E-state index in [1.807, 2.05) is 0 Å². The second kappa shape index (κ2) is 4.71. The molecule has 0 aromatic carbocycles. The number of nitrogens with one attached hydrogen (secondary N) is 2. The topological polar surface area (TPSA) is 116 Å². The molecule has 1 rings (SSSR count). The summed E-state index contributed by atoms with van der Waals surface area (Å²) in [6, 6.07) is 1.66. The molecule has 0 aromatic heterocycles. The van der Waals surface area contributed by atoms with Crippen LogP contribution in [-0.2, 0) is 19.4 Å². The fraction of sp³-hybridized carbons (Fsp3) is 0.667. The van der Waals surface area contributed by atoms with Crippen LogP contribution in [0.25, 0.3) is 0 Å². The first kappa shape index (κ1) is 13.4. The zero-order valence-electron chi connectivity index (χ0n) is 9.32. The van der Waals surface area contributed by atoms with Crippen molar-refractivity contribution in [2.24, 2.45) is 0 Å². The summed E-state index contributed by atoms with van der Waals surface area (Å²) < 4.78 is 22.5. The molecule has 1 aliphatic heterocycles. The smallest absolute Gasteiger partial charge is 0.310 e. The Kier molecular flexibility index (Phi) is 3.72. The Hall–Kier alpha value is -1.62. The van der Waals surface area contributed by atoms with Crippen molar-refractivity contribution in [2.45, 2.75) is 18.9 Å². The highest BCUT2D eigenvalue weighted by Crippen LogP contribution is 2.22. The van der Waals surface area contributed by atoms with Gasteiger partial charge in [0.2, 0.25) is 0 Å². The lowest BCUT2D eigenvalue weighted by atomic mass is 10.0. The van der Waals surface area contributed by atoms with Crippen LogP contribution >= 0.6 is 0 Å². The molecule has 2 N–H and O–H groups in total. The van der Waals surface area contributed by atoms with Crippen molar-refractivity contribution in [2.75, 3.05) is 18.1 Å². The molecular formula is C9H13N3O4S. The van der Waals surface area contributed by atoms with E-state index in [-0.39, 0.29) is 24.5 Å². The van der Waals surface area contributed by atoms with E-state index in [1.165, 1.54) is 0 Å². The van der Waals surface area contributed by atoms with Crippen molar-refractivity contribution in [1.82, 2.24) is 10.6 Å². The Morgan fingerprint density at radius 2 is 2.06 bits per heavy atom. The van der Waals surface area contributed by atoms with E-state index in [1.54, 1.807) is 13.0 Å². The maximum absolute atomic E-state index is 11.4. The van der Waals surface area contributed by atoms with Crippen molar-refractivity contribution in [1.29, 1.82) is 5.26 Å². The highest BCUT2D eigenvalue weighted by atomic mass is 32.2. The summed E-state index contributed by atoms with van der Waals surface area (Å²) in [5.41, 5.74) is -0.903. The summed E-state index contributed by atoms with van der Waals surface area (Å²) >= 11 is 0. The molecular weight excluding hydrogens is 246 g/mol. The van der Waals surface area contributed by atoms with Crippen LogP contribution in [0.4, 0.5) is 0 Å². The average Bonchev–Trinajstić information content (AvgIpc) is 2.49. The minimum absolute atomic E-state index is 0.00357. The van der Waals surface area contributed by atoms with Gasteiger partial charge in [0.05, 0.1) is 23.1 Å². The lowest BCUT2D eigenvalue weighted by molar-refractivity contribution is -0.140. The summed E-state index contributed by atoms with van der Waals surface area (Å²) in [4.78, 5) is 22.6. The summed E-state index contributed by atoms with van der Waals surface area (Å²) in [5.74, 6) is -2.02. The third kappa shape index (κ3) is 3.71. The fourth-order valence-corrected chi connectivity index (χ4v) is 3.73. The monoisotopic (exact) mass is 259 g/mol. The number of hydrogen-bond donors (Lipinski definition) is 2. The van der Waals surface area contributed by atoms with E-state index in [0.29, 0.717) is 0 Å². The zero-order chi connectivity index (χ0) is 13.1.